The lowest BCUT2D eigenvalue weighted by Gasteiger charge is -2.09. The van der Waals surface area contributed by atoms with Gasteiger partial charge in [0.1, 0.15) is 12.4 Å². The fourth-order valence-corrected chi connectivity index (χ4v) is 1.94. The first-order valence-corrected chi connectivity index (χ1v) is 7.23. The molecule has 0 bridgehead atoms. The maximum Gasteiger partial charge on any atom is 0.189 e. The molecule has 2 rings (SSSR count). The molecule has 5 nitrogen and oxygen atoms in total. The second kappa shape index (κ2) is 9.45. The van der Waals surface area contributed by atoms with E-state index in [0.29, 0.717) is 18.4 Å². The molecule has 1 aromatic heterocycles. The Labute approximate surface area is 149 Å². The largest absolute Gasteiger partial charge is 0.370 e. The van der Waals surface area contributed by atoms with Crippen molar-refractivity contribution in [3.8, 4) is 0 Å². The number of hydrogen-bond donors (Lipinski definition) is 2. The standard InChI is InChI=1S/C16H23N5.HI/c1-13(2)10-19-16(17)20-11-15-18-8-9-21(15)12-14-6-4-3-5-7-14;/h3-9,13H,10-12H2,1-2H3,(H3,17,19,20);1H. The molecule has 120 valence electrons. The number of nitrogens with one attached hydrogen (secondary N) is 1. The predicted molar refractivity (Wildman–Crippen MR) is 101 cm³/mol. The van der Waals surface area contributed by atoms with Crippen molar-refractivity contribution in [2.45, 2.75) is 26.9 Å². The van der Waals surface area contributed by atoms with Crippen molar-refractivity contribution >= 4 is 29.9 Å². The highest BCUT2D eigenvalue weighted by Gasteiger charge is 2.03. The monoisotopic (exact) mass is 413 g/mol. The van der Waals surface area contributed by atoms with Crippen LogP contribution < -0.4 is 11.1 Å². The number of nitrogens with two attached hydrogens (primary N) is 1. The maximum atomic E-state index is 5.84. The van der Waals surface area contributed by atoms with Crippen LogP contribution in [0.15, 0.2) is 47.7 Å². The summed E-state index contributed by atoms with van der Waals surface area (Å²) in [5.74, 6) is 1.92. The molecule has 0 saturated heterocycles. The highest BCUT2D eigenvalue weighted by atomic mass is 127. The highest BCUT2D eigenvalue weighted by Crippen LogP contribution is 2.06. The van der Waals surface area contributed by atoms with E-state index >= 15 is 0 Å². The van der Waals surface area contributed by atoms with Crippen molar-refractivity contribution in [3.63, 3.8) is 0 Å². The van der Waals surface area contributed by atoms with Crippen molar-refractivity contribution in [2.75, 3.05) is 6.54 Å². The first-order chi connectivity index (χ1) is 10.1. The van der Waals surface area contributed by atoms with Gasteiger partial charge in [0.15, 0.2) is 5.96 Å². The molecule has 1 heterocycles. The molecule has 0 saturated carbocycles. The van der Waals surface area contributed by atoms with Crippen LogP contribution >= 0.6 is 24.0 Å². The zero-order valence-corrected chi connectivity index (χ0v) is 15.4. The lowest BCUT2D eigenvalue weighted by atomic mass is 10.2. The van der Waals surface area contributed by atoms with Gasteiger partial charge in [-0.2, -0.15) is 0 Å². The Bertz CT molecular complexity index is 577. The zero-order valence-electron chi connectivity index (χ0n) is 13.1. The summed E-state index contributed by atoms with van der Waals surface area (Å²) in [4.78, 5) is 8.69. The third-order valence-corrected chi connectivity index (χ3v) is 3.08. The van der Waals surface area contributed by atoms with Crippen molar-refractivity contribution in [1.82, 2.24) is 14.9 Å². The fourth-order valence-electron chi connectivity index (χ4n) is 1.94. The summed E-state index contributed by atoms with van der Waals surface area (Å²) in [6, 6.07) is 10.3. The fraction of sp³-hybridized carbons (Fsp3) is 0.375. The van der Waals surface area contributed by atoms with Crippen LogP contribution in [0.2, 0.25) is 0 Å². The van der Waals surface area contributed by atoms with Crippen LogP contribution in [0.3, 0.4) is 0 Å². The Morgan fingerprint density at radius 3 is 2.73 bits per heavy atom. The van der Waals surface area contributed by atoms with Gasteiger partial charge in [0, 0.05) is 25.5 Å². The number of hydrogen-bond acceptors (Lipinski definition) is 2. The van der Waals surface area contributed by atoms with E-state index in [1.165, 1.54) is 5.56 Å². The van der Waals surface area contributed by atoms with E-state index in [-0.39, 0.29) is 24.0 Å². The molecule has 0 aliphatic heterocycles. The number of aromatic nitrogens is 2. The molecule has 0 spiro atoms. The van der Waals surface area contributed by atoms with Gasteiger partial charge in [-0.25, -0.2) is 9.98 Å². The average Bonchev–Trinajstić information content (AvgIpc) is 2.91. The van der Waals surface area contributed by atoms with Gasteiger partial charge in [-0.3, -0.25) is 0 Å². The van der Waals surface area contributed by atoms with Gasteiger partial charge in [0.2, 0.25) is 0 Å². The number of benzene rings is 1. The van der Waals surface area contributed by atoms with Gasteiger partial charge < -0.3 is 15.6 Å². The number of halogens is 1. The first-order valence-electron chi connectivity index (χ1n) is 7.23. The number of guanidine groups is 1. The minimum absolute atomic E-state index is 0. The highest BCUT2D eigenvalue weighted by molar-refractivity contribution is 14.0. The van der Waals surface area contributed by atoms with Gasteiger partial charge in [-0.15, -0.1) is 24.0 Å². The van der Waals surface area contributed by atoms with Crippen LogP contribution in [0.25, 0.3) is 0 Å². The molecule has 0 amide bonds. The molecular formula is C16H24IN5. The van der Waals surface area contributed by atoms with Gasteiger partial charge in [0.25, 0.3) is 0 Å². The number of rotatable bonds is 6. The molecule has 6 heteroatoms. The second-order valence-electron chi connectivity index (χ2n) is 5.43. The summed E-state index contributed by atoms with van der Waals surface area (Å²) >= 11 is 0. The average molecular weight is 413 g/mol. The smallest absolute Gasteiger partial charge is 0.189 e. The zero-order chi connectivity index (χ0) is 15.1. The molecule has 2 aromatic rings. The topological polar surface area (TPSA) is 68.2 Å². The van der Waals surface area contributed by atoms with Gasteiger partial charge >= 0.3 is 0 Å². The Kier molecular flexibility index (Phi) is 7.94. The summed E-state index contributed by atoms with van der Waals surface area (Å²) < 4.78 is 2.09. The molecule has 0 radical (unpaired) electrons. The van der Waals surface area contributed by atoms with Crippen LogP contribution in [0, 0.1) is 5.92 Å². The molecule has 22 heavy (non-hydrogen) atoms. The summed E-state index contributed by atoms with van der Waals surface area (Å²) in [5, 5.41) is 3.10. The Hall–Kier alpha value is -1.57. The molecule has 1 aromatic carbocycles. The van der Waals surface area contributed by atoms with Gasteiger partial charge in [0.05, 0.1) is 0 Å². The van der Waals surface area contributed by atoms with Crippen molar-refractivity contribution < 1.29 is 0 Å². The SMILES string of the molecule is CC(C)CNC(N)=NCc1nccn1Cc1ccccc1.I. The second-order valence-corrected chi connectivity index (χ2v) is 5.43. The lowest BCUT2D eigenvalue weighted by molar-refractivity contribution is 0.621. The summed E-state index contributed by atoms with van der Waals surface area (Å²) in [6.07, 6.45) is 3.76. The van der Waals surface area contributed by atoms with Crippen molar-refractivity contribution in [1.29, 1.82) is 0 Å². The Morgan fingerprint density at radius 1 is 1.32 bits per heavy atom. The van der Waals surface area contributed by atoms with E-state index in [1.807, 2.05) is 24.4 Å². The normalized spacial score (nSPS) is 11.3. The molecular weight excluding hydrogens is 389 g/mol. The van der Waals surface area contributed by atoms with Crippen LogP contribution in [0.5, 0.6) is 0 Å². The van der Waals surface area contributed by atoms with E-state index < -0.39 is 0 Å². The van der Waals surface area contributed by atoms with E-state index in [1.54, 1.807) is 6.20 Å². The quantitative estimate of drug-likeness (QED) is 0.435. The number of imidazole rings is 1. The predicted octanol–water partition coefficient (Wildman–Crippen LogP) is 2.61. The molecule has 0 atom stereocenters. The van der Waals surface area contributed by atoms with Crippen LogP contribution in [-0.4, -0.2) is 22.1 Å². The summed E-state index contributed by atoms with van der Waals surface area (Å²) in [7, 11) is 0. The third-order valence-electron chi connectivity index (χ3n) is 3.08. The Morgan fingerprint density at radius 2 is 2.05 bits per heavy atom. The number of nitrogens with zero attached hydrogens (tertiary/aromatic N) is 3. The van der Waals surface area contributed by atoms with E-state index in [9.17, 15) is 0 Å². The van der Waals surface area contributed by atoms with E-state index in [4.69, 9.17) is 5.73 Å². The lowest BCUT2D eigenvalue weighted by Crippen LogP contribution is -2.34. The molecule has 0 unspecified atom stereocenters. The van der Waals surface area contributed by atoms with Gasteiger partial charge in [-0.05, 0) is 11.5 Å². The van der Waals surface area contributed by atoms with Crippen LogP contribution in [0.1, 0.15) is 25.2 Å². The minimum atomic E-state index is 0. The molecule has 0 aliphatic carbocycles. The van der Waals surface area contributed by atoms with Crippen molar-refractivity contribution in [3.05, 3.63) is 54.1 Å². The van der Waals surface area contributed by atoms with Crippen molar-refractivity contribution in [2.24, 2.45) is 16.6 Å². The molecule has 0 fully saturated rings. The van der Waals surface area contributed by atoms with E-state index in [2.05, 4.69) is 45.8 Å². The van der Waals surface area contributed by atoms with Crippen LogP contribution in [-0.2, 0) is 13.1 Å². The summed E-state index contributed by atoms with van der Waals surface area (Å²) in [6.45, 7) is 6.37. The van der Waals surface area contributed by atoms with Crippen LogP contribution in [0.4, 0.5) is 0 Å². The van der Waals surface area contributed by atoms with E-state index in [0.717, 1.165) is 18.9 Å². The molecule has 3 N–H and O–H groups in total. The van der Waals surface area contributed by atoms with Gasteiger partial charge in [-0.1, -0.05) is 44.2 Å². The first kappa shape index (κ1) is 18.5. The molecule has 0 aliphatic rings. The Balaban J connectivity index is 0.00000242. The maximum absolute atomic E-state index is 5.84. The third kappa shape index (κ3) is 6.05. The minimum Gasteiger partial charge on any atom is -0.370 e. The number of aliphatic imine (C=N–C) groups is 1. The summed E-state index contributed by atoms with van der Waals surface area (Å²) in [5.41, 5.74) is 7.09.